The minimum absolute atomic E-state index is 0.243. The highest BCUT2D eigenvalue weighted by Gasteiger charge is 2.07. The Labute approximate surface area is 53.8 Å². The van der Waals surface area contributed by atoms with Crippen LogP contribution in [0.4, 0.5) is 0 Å². The summed E-state index contributed by atoms with van der Waals surface area (Å²) in [5, 5.41) is 4.51. The number of terminal acetylenes is 2. The largest absolute Gasteiger partial charge is 0.317 e. The predicted molar refractivity (Wildman–Crippen MR) is 32.6 cm³/mol. The van der Waals surface area contributed by atoms with E-state index in [0.29, 0.717) is 0 Å². The highest BCUT2D eigenvalue weighted by Crippen LogP contribution is 1.85. The summed E-state index contributed by atoms with van der Waals surface area (Å²) in [5.74, 6) is 0. The van der Waals surface area contributed by atoms with Gasteiger partial charge in [-0.25, -0.2) is 5.14 Å². The summed E-state index contributed by atoms with van der Waals surface area (Å²) in [6.07, 6.45) is 9.29. The Morgan fingerprint density at radius 2 is 1.67 bits per heavy atom. The predicted octanol–water partition coefficient (Wildman–Crippen LogP) is -1.33. The van der Waals surface area contributed by atoms with Gasteiger partial charge >= 0.3 is 10.2 Å². The van der Waals surface area contributed by atoms with E-state index in [4.69, 9.17) is 0 Å². The summed E-state index contributed by atoms with van der Waals surface area (Å²) in [5.41, 5.74) is 0. The van der Waals surface area contributed by atoms with Crippen LogP contribution in [0.3, 0.4) is 0 Å². The first-order valence-corrected chi connectivity index (χ1v) is 3.28. The molecule has 0 fully saturated rings. The molecule has 0 aliphatic carbocycles. The first kappa shape index (κ1) is 7.83. The Kier molecular flexibility index (Phi) is 2.09. The molecule has 0 rings (SSSR count). The fourth-order valence-corrected chi connectivity index (χ4v) is 0.478. The van der Waals surface area contributed by atoms with Gasteiger partial charge in [-0.15, -0.1) is 4.31 Å². The third-order valence-electron chi connectivity index (χ3n) is 0.489. The zero-order valence-electron chi connectivity index (χ0n) is 4.40. The number of rotatable bonds is 1. The zero-order valence-corrected chi connectivity index (χ0v) is 5.22. The highest BCUT2D eigenvalue weighted by atomic mass is 32.2. The van der Waals surface area contributed by atoms with Gasteiger partial charge in [0.15, 0.2) is 0 Å². The molecule has 0 radical (unpaired) electrons. The molecule has 0 aromatic heterocycles. The van der Waals surface area contributed by atoms with Crippen LogP contribution in [0.5, 0.6) is 0 Å². The second-order valence-corrected chi connectivity index (χ2v) is 2.46. The molecule has 0 saturated heterocycles. The van der Waals surface area contributed by atoms with E-state index < -0.39 is 10.2 Å². The zero-order chi connectivity index (χ0) is 7.49. The van der Waals surface area contributed by atoms with Gasteiger partial charge < -0.3 is 0 Å². The van der Waals surface area contributed by atoms with E-state index in [2.05, 4.69) is 18.0 Å². The van der Waals surface area contributed by atoms with Crippen LogP contribution in [0.1, 0.15) is 0 Å². The van der Waals surface area contributed by atoms with E-state index in [9.17, 15) is 8.42 Å². The summed E-state index contributed by atoms with van der Waals surface area (Å²) in [6, 6.07) is 3.35. The lowest BCUT2D eigenvalue weighted by molar-refractivity contribution is 0.566. The number of nitrogens with two attached hydrogens (primary N) is 1. The first-order chi connectivity index (χ1) is 4.02. The minimum Gasteiger partial charge on any atom is -0.210 e. The van der Waals surface area contributed by atoms with Crippen molar-refractivity contribution >= 4 is 10.2 Å². The van der Waals surface area contributed by atoms with Crippen molar-refractivity contribution in [2.75, 3.05) is 0 Å². The molecular weight excluding hydrogens is 140 g/mol. The monoisotopic (exact) mass is 144 g/mol. The van der Waals surface area contributed by atoms with Crippen molar-refractivity contribution in [3.8, 4) is 24.9 Å². The molecule has 0 aliphatic heterocycles. The van der Waals surface area contributed by atoms with Crippen molar-refractivity contribution in [2.24, 2.45) is 5.14 Å². The van der Waals surface area contributed by atoms with Crippen molar-refractivity contribution in [3.63, 3.8) is 0 Å². The Hall–Kier alpha value is -1.17. The molecule has 0 amide bonds. The molecule has 0 unspecified atom stereocenters. The van der Waals surface area contributed by atoms with Crippen molar-refractivity contribution in [1.82, 2.24) is 4.31 Å². The van der Waals surface area contributed by atoms with Gasteiger partial charge in [0, 0.05) is 12.1 Å². The van der Waals surface area contributed by atoms with Crippen molar-refractivity contribution in [2.45, 2.75) is 0 Å². The van der Waals surface area contributed by atoms with E-state index in [1.165, 1.54) is 0 Å². The van der Waals surface area contributed by atoms with Crippen LogP contribution in [0.15, 0.2) is 0 Å². The molecule has 9 heavy (non-hydrogen) atoms. The van der Waals surface area contributed by atoms with Gasteiger partial charge in [0.25, 0.3) is 0 Å². The normalized spacial score (nSPS) is 9.22. The lowest BCUT2D eigenvalue weighted by Crippen LogP contribution is -2.28. The molecular formula is C4H4N2O2S. The molecule has 0 spiro atoms. The summed E-state index contributed by atoms with van der Waals surface area (Å²) in [7, 11) is -3.90. The molecule has 48 valence electrons. The minimum atomic E-state index is -3.90. The molecule has 0 aromatic rings. The Balaban J connectivity index is 4.65. The summed E-state index contributed by atoms with van der Waals surface area (Å²) in [4.78, 5) is 0. The van der Waals surface area contributed by atoms with E-state index in [0.717, 1.165) is 0 Å². The topological polar surface area (TPSA) is 63.4 Å². The summed E-state index contributed by atoms with van der Waals surface area (Å²) < 4.78 is 20.7. The standard InChI is InChI=1S/C4H4N2O2S/c1-3-6(4-2)9(5,7)8/h1-2H,(H2,5,7,8). The Morgan fingerprint density at radius 3 is 1.67 bits per heavy atom. The Morgan fingerprint density at radius 1 is 1.33 bits per heavy atom. The van der Waals surface area contributed by atoms with Gasteiger partial charge in [-0.3, -0.25) is 0 Å². The maximum absolute atomic E-state index is 10.2. The van der Waals surface area contributed by atoms with E-state index in [1.807, 2.05) is 0 Å². The van der Waals surface area contributed by atoms with E-state index in [1.54, 1.807) is 12.1 Å². The van der Waals surface area contributed by atoms with Crippen LogP contribution in [-0.4, -0.2) is 12.7 Å². The average Bonchev–Trinajstić information content (AvgIpc) is 1.65. The van der Waals surface area contributed by atoms with Crippen LogP contribution in [0.2, 0.25) is 0 Å². The number of hydrogen-bond acceptors (Lipinski definition) is 2. The molecule has 4 nitrogen and oxygen atoms in total. The lowest BCUT2D eigenvalue weighted by atomic mass is 11.0. The van der Waals surface area contributed by atoms with Gasteiger partial charge in [-0.05, 0) is 0 Å². The number of hydrogen-bond donors (Lipinski definition) is 1. The highest BCUT2D eigenvalue weighted by molar-refractivity contribution is 7.87. The third kappa shape index (κ3) is 2.04. The van der Waals surface area contributed by atoms with Gasteiger partial charge in [-0.1, -0.05) is 12.8 Å². The van der Waals surface area contributed by atoms with E-state index in [-0.39, 0.29) is 4.31 Å². The van der Waals surface area contributed by atoms with Gasteiger partial charge in [-0.2, -0.15) is 8.42 Å². The Bertz CT molecular complexity index is 252. The molecule has 2 N–H and O–H groups in total. The van der Waals surface area contributed by atoms with Crippen LogP contribution >= 0.6 is 0 Å². The van der Waals surface area contributed by atoms with Crippen molar-refractivity contribution < 1.29 is 8.42 Å². The second-order valence-electron chi connectivity index (χ2n) is 1.07. The van der Waals surface area contributed by atoms with Crippen LogP contribution in [0, 0.1) is 24.9 Å². The lowest BCUT2D eigenvalue weighted by Gasteiger charge is -2.01. The quantitative estimate of drug-likeness (QED) is 0.366. The van der Waals surface area contributed by atoms with Crippen LogP contribution in [-0.2, 0) is 10.2 Å². The second kappa shape index (κ2) is 2.40. The maximum Gasteiger partial charge on any atom is 0.317 e. The smallest absolute Gasteiger partial charge is 0.210 e. The SMILES string of the molecule is C#CN(C#C)S(N)(=O)=O. The van der Waals surface area contributed by atoms with Gasteiger partial charge in [0.05, 0.1) is 0 Å². The number of nitrogens with zero attached hydrogens (tertiary/aromatic N) is 1. The molecule has 0 bridgehead atoms. The first-order valence-electron chi connectivity index (χ1n) is 1.78. The fourth-order valence-electron chi connectivity index (χ4n) is 0.184. The fraction of sp³-hybridized carbons (Fsp3) is 0. The average molecular weight is 144 g/mol. The summed E-state index contributed by atoms with van der Waals surface area (Å²) >= 11 is 0. The molecule has 5 heteroatoms. The van der Waals surface area contributed by atoms with Crippen molar-refractivity contribution in [3.05, 3.63) is 0 Å². The molecule has 0 atom stereocenters. The third-order valence-corrected chi connectivity index (χ3v) is 1.21. The molecule has 0 aromatic carbocycles. The van der Waals surface area contributed by atoms with Crippen LogP contribution in [0.25, 0.3) is 0 Å². The summed E-state index contributed by atoms with van der Waals surface area (Å²) in [6.45, 7) is 0. The van der Waals surface area contributed by atoms with Gasteiger partial charge in [0.2, 0.25) is 0 Å². The van der Waals surface area contributed by atoms with E-state index >= 15 is 0 Å². The van der Waals surface area contributed by atoms with Crippen LogP contribution < -0.4 is 5.14 Å². The maximum atomic E-state index is 10.2. The molecule has 0 saturated carbocycles. The molecule has 0 aliphatic rings. The van der Waals surface area contributed by atoms with Gasteiger partial charge in [0.1, 0.15) is 0 Å². The van der Waals surface area contributed by atoms with Crippen molar-refractivity contribution in [1.29, 1.82) is 0 Å². The molecule has 0 heterocycles.